The average Bonchev–Trinajstić information content (AvgIpc) is 2.74. The number of nitrogens with zero attached hydrogens (tertiary/aromatic N) is 2. The summed E-state index contributed by atoms with van der Waals surface area (Å²) in [6.45, 7) is 7.14. The van der Waals surface area contributed by atoms with Crippen molar-refractivity contribution in [3.63, 3.8) is 0 Å². The van der Waals surface area contributed by atoms with Crippen LogP contribution in [-0.4, -0.2) is 30.7 Å². The number of rotatable bonds is 2. The Morgan fingerprint density at radius 2 is 1.97 bits per heavy atom. The fourth-order valence-electron chi connectivity index (χ4n) is 4.31. The number of hydrogen-bond acceptors (Lipinski definition) is 6. The standard InChI is InChI=1S/C24H24N4O2.ClH/c1-14-12-27-22-23(29)21-18(25)4-3-5-19(21)30-24(22)20(14)16-6-8-17(9-7-16)28-11-10-26-15(2)13-28;/h3-9,12,15,26H,10-11,13,25H2,1-2H3;1H/t15-;/m0./s1. The van der Waals surface area contributed by atoms with Gasteiger partial charge in [0.05, 0.1) is 5.39 Å². The van der Waals surface area contributed by atoms with Gasteiger partial charge >= 0.3 is 0 Å². The number of pyridine rings is 1. The summed E-state index contributed by atoms with van der Waals surface area (Å²) in [6, 6.07) is 14.2. The second-order valence-electron chi connectivity index (χ2n) is 7.99. The predicted octanol–water partition coefficient (Wildman–Crippen LogP) is 4.12. The van der Waals surface area contributed by atoms with Gasteiger partial charge in [-0.2, -0.15) is 0 Å². The molecule has 3 N–H and O–H groups in total. The molecule has 31 heavy (non-hydrogen) atoms. The first kappa shape index (κ1) is 21.2. The number of hydrogen-bond donors (Lipinski definition) is 2. The van der Waals surface area contributed by atoms with Gasteiger partial charge in [0.15, 0.2) is 11.1 Å². The van der Waals surface area contributed by atoms with E-state index >= 15 is 0 Å². The van der Waals surface area contributed by atoms with Crippen molar-refractivity contribution in [1.29, 1.82) is 0 Å². The van der Waals surface area contributed by atoms with Crippen molar-refractivity contribution in [3.8, 4) is 11.1 Å². The van der Waals surface area contributed by atoms with Crippen molar-refractivity contribution in [2.75, 3.05) is 30.3 Å². The van der Waals surface area contributed by atoms with E-state index in [1.54, 1.807) is 24.4 Å². The van der Waals surface area contributed by atoms with E-state index in [9.17, 15) is 4.79 Å². The van der Waals surface area contributed by atoms with Gasteiger partial charge in [-0.15, -0.1) is 12.4 Å². The van der Waals surface area contributed by atoms with Gasteiger partial charge in [-0.1, -0.05) is 18.2 Å². The highest BCUT2D eigenvalue weighted by Crippen LogP contribution is 2.33. The maximum absolute atomic E-state index is 13.1. The van der Waals surface area contributed by atoms with Gasteiger partial charge in [-0.05, 0) is 49.2 Å². The third kappa shape index (κ3) is 3.62. The number of aromatic nitrogens is 1. The number of fused-ring (bicyclic) bond motifs is 2. The second-order valence-corrected chi connectivity index (χ2v) is 7.99. The first-order chi connectivity index (χ1) is 14.5. The molecule has 0 bridgehead atoms. The van der Waals surface area contributed by atoms with Crippen LogP contribution >= 0.6 is 12.4 Å². The van der Waals surface area contributed by atoms with E-state index in [1.807, 2.05) is 6.92 Å². The fraction of sp³-hybridized carbons (Fsp3) is 0.250. The minimum atomic E-state index is -0.197. The summed E-state index contributed by atoms with van der Waals surface area (Å²) in [5, 5.41) is 3.86. The third-order valence-corrected chi connectivity index (χ3v) is 5.83. The van der Waals surface area contributed by atoms with Gasteiger partial charge in [-0.25, -0.2) is 4.98 Å². The Morgan fingerprint density at radius 1 is 1.19 bits per heavy atom. The molecule has 2 aromatic heterocycles. The molecule has 1 aliphatic rings. The summed E-state index contributed by atoms with van der Waals surface area (Å²) in [4.78, 5) is 19.8. The van der Waals surface area contributed by atoms with Crippen molar-refractivity contribution in [3.05, 3.63) is 64.4 Å². The molecule has 7 heteroatoms. The van der Waals surface area contributed by atoms with E-state index in [-0.39, 0.29) is 17.8 Å². The smallest absolute Gasteiger partial charge is 0.221 e. The van der Waals surface area contributed by atoms with Crippen LogP contribution in [0.5, 0.6) is 0 Å². The van der Waals surface area contributed by atoms with Crippen LogP contribution in [0.4, 0.5) is 11.4 Å². The van der Waals surface area contributed by atoms with Crippen LogP contribution in [-0.2, 0) is 0 Å². The van der Waals surface area contributed by atoms with Gasteiger partial charge in [0.25, 0.3) is 0 Å². The first-order valence-corrected chi connectivity index (χ1v) is 10.2. The summed E-state index contributed by atoms with van der Waals surface area (Å²) in [6.07, 6.45) is 1.73. The average molecular weight is 437 g/mol. The minimum absolute atomic E-state index is 0. The molecule has 0 unspecified atom stereocenters. The van der Waals surface area contributed by atoms with Crippen LogP contribution in [0.15, 0.2) is 57.9 Å². The molecule has 0 spiro atoms. The normalized spacial score (nSPS) is 16.5. The molecule has 1 saturated heterocycles. The van der Waals surface area contributed by atoms with E-state index in [1.165, 1.54) is 5.69 Å². The molecule has 1 fully saturated rings. The topological polar surface area (TPSA) is 84.4 Å². The number of anilines is 2. The summed E-state index contributed by atoms with van der Waals surface area (Å²) < 4.78 is 6.17. The molecule has 160 valence electrons. The predicted molar refractivity (Wildman–Crippen MR) is 129 cm³/mol. The molecule has 2 aromatic carbocycles. The molecule has 1 atom stereocenters. The van der Waals surface area contributed by atoms with Crippen LogP contribution in [0.3, 0.4) is 0 Å². The van der Waals surface area contributed by atoms with Gasteiger partial charge < -0.3 is 20.4 Å². The van der Waals surface area contributed by atoms with Gasteiger partial charge in [-0.3, -0.25) is 4.79 Å². The van der Waals surface area contributed by atoms with Crippen LogP contribution in [0.25, 0.3) is 33.2 Å². The number of piperazine rings is 1. The monoisotopic (exact) mass is 436 g/mol. The van der Waals surface area contributed by atoms with Gasteiger partial charge in [0.1, 0.15) is 5.58 Å². The zero-order chi connectivity index (χ0) is 20.8. The lowest BCUT2D eigenvalue weighted by Crippen LogP contribution is -2.49. The summed E-state index contributed by atoms with van der Waals surface area (Å²) in [5.74, 6) is 0. The first-order valence-electron chi connectivity index (χ1n) is 10.2. The number of halogens is 1. The summed E-state index contributed by atoms with van der Waals surface area (Å²) in [5.41, 5.74) is 11.6. The Kier molecular flexibility index (Phi) is 5.60. The van der Waals surface area contributed by atoms with Crippen LogP contribution in [0.2, 0.25) is 0 Å². The molecule has 0 saturated carbocycles. The van der Waals surface area contributed by atoms with Crippen LogP contribution in [0.1, 0.15) is 12.5 Å². The maximum atomic E-state index is 13.1. The molecule has 1 aliphatic heterocycles. The highest BCUT2D eigenvalue weighted by atomic mass is 35.5. The molecular formula is C24H25ClN4O2. The van der Waals surface area contributed by atoms with E-state index in [4.69, 9.17) is 10.2 Å². The lowest BCUT2D eigenvalue weighted by Gasteiger charge is -2.33. The van der Waals surface area contributed by atoms with Gasteiger partial charge in [0, 0.05) is 48.8 Å². The molecule has 0 aliphatic carbocycles. The third-order valence-electron chi connectivity index (χ3n) is 5.83. The van der Waals surface area contributed by atoms with Crippen molar-refractivity contribution in [2.45, 2.75) is 19.9 Å². The van der Waals surface area contributed by atoms with E-state index in [2.05, 4.69) is 46.4 Å². The zero-order valence-corrected chi connectivity index (χ0v) is 18.3. The van der Waals surface area contributed by atoms with Crippen LogP contribution < -0.4 is 21.4 Å². The van der Waals surface area contributed by atoms with Crippen molar-refractivity contribution in [1.82, 2.24) is 10.3 Å². The maximum Gasteiger partial charge on any atom is 0.221 e. The molecule has 3 heterocycles. The lowest BCUT2D eigenvalue weighted by molar-refractivity contribution is 0.485. The van der Waals surface area contributed by atoms with Crippen molar-refractivity contribution in [2.24, 2.45) is 0 Å². The minimum Gasteiger partial charge on any atom is -0.453 e. The quantitative estimate of drug-likeness (QED) is 0.363. The molecule has 5 rings (SSSR count). The van der Waals surface area contributed by atoms with E-state index in [0.717, 1.165) is 36.3 Å². The van der Waals surface area contributed by atoms with E-state index < -0.39 is 0 Å². The Balaban J connectivity index is 0.00000231. The number of nitrogen functional groups attached to an aromatic ring is 1. The van der Waals surface area contributed by atoms with E-state index in [0.29, 0.717) is 33.8 Å². The summed E-state index contributed by atoms with van der Waals surface area (Å²) >= 11 is 0. The Hall–Kier alpha value is -3.09. The molecule has 4 aromatic rings. The molecular weight excluding hydrogens is 412 g/mol. The SMILES string of the molecule is Cc1cnc2c(=O)c3c(N)cccc3oc2c1-c1ccc(N2CCN[C@@H](C)C2)cc1.Cl. The van der Waals surface area contributed by atoms with Crippen LogP contribution in [0, 0.1) is 6.92 Å². The molecule has 0 amide bonds. The van der Waals surface area contributed by atoms with Crippen molar-refractivity contribution < 1.29 is 4.42 Å². The second kappa shape index (κ2) is 8.21. The highest BCUT2D eigenvalue weighted by Gasteiger charge is 2.19. The highest BCUT2D eigenvalue weighted by molar-refractivity contribution is 6.00. The molecule has 6 nitrogen and oxygen atoms in total. The Bertz CT molecular complexity index is 1320. The number of nitrogens with two attached hydrogens (primary N) is 1. The number of nitrogens with one attached hydrogen (secondary N) is 1. The largest absolute Gasteiger partial charge is 0.453 e. The van der Waals surface area contributed by atoms with Crippen molar-refractivity contribution >= 4 is 45.9 Å². The number of aryl methyl sites for hydroxylation is 1. The Morgan fingerprint density at radius 3 is 2.71 bits per heavy atom. The fourth-order valence-corrected chi connectivity index (χ4v) is 4.31. The zero-order valence-electron chi connectivity index (χ0n) is 17.5. The number of benzene rings is 2. The Labute approximate surface area is 186 Å². The molecule has 0 radical (unpaired) electrons. The lowest BCUT2D eigenvalue weighted by atomic mass is 9.99. The summed E-state index contributed by atoms with van der Waals surface area (Å²) in [7, 11) is 0. The van der Waals surface area contributed by atoms with Gasteiger partial charge in [0.2, 0.25) is 5.43 Å².